The van der Waals surface area contributed by atoms with Crippen LogP contribution in [0, 0.1) is 0 Å². The Morgan fingerprint density at radius 1 is 1.17 bits per heavy atom. The summed E-state index contributed by atoms with van der Waals surface area (Å²) in [6.45, 7) is 0.585. The Labute approximate surface area is 140 Å². The van der Waals surface area contributed by atoms with Crippen molar-refractivity contribution in [2.45, 2.75) is 6.54 Å². The van der Waals surface area contributed by atoms with Crippen molar-refractivity contribution in [2.75, 3.05) is 19.5 Å². The molecule has 0 aliphatic carbocycles. The predicted octanol–water partition coefficient (Wildman–Crippen LogP) is 3.22. The van der Waals surface area contributed by atoms with Gasteiger partial charge in [0.1, 0.15) is 5.75 Å². The van der Waals surface area contributed by atoms with Crippen molar-refractivity contribution in [1.82, 2.24) is 10.3 Å². The van der Waals surface area contributed by atoms with Crippen LogP contribution in [0.4, 0.5) is 5.69 Å². The molecule has 3 rings (SSSR count). The normalized spacial score (nSPS) is 10.4. The first-order valence-electron chi connectivity index (χ1n) is 7.69. The van der Waals surface area contributed by atoms with Crippen molar-refractivity contribution in [2.24, 2.45) is 0 Å². The number of para-hydroxylation sites is 1. The van der Waals surface area contributed by atoms with Crippen LogP contribution in [0.25, 0.3) is 10.9 Å². The summed E-state index contributed by atoms with van der Waals surface area (Å²) in [5.74, 6) is 0.559. The molecule has 1 heterocycles. The maximum Gasteiger partial charge on any atom is 0.251 e. The zero-order valence-electron chi connectivity index (χ0n) is 13.7. The Hall–Kier alpha value is -3.08. The van der Waals surface area contributed by atoms with Crippen LogP contribution in [0.1, 0.15) is 15.9 Å². The molecule has 0 aliphatic heterocycles. The van der Waals surface area contributed by atoms with Crippen LogP contribution < -0.4 is 15.4 Å². The highest BCUT2D eigenvalue weighted by Crippen LogP contribution is 2.27. The fraction of sp³-hybridized carbons (Fsp3) is 0.158. The van der Waals surface area contributed by atoms with Gasteiger partial charge in [-0.25, -0.2) is 0 Å². The van der Waals surface area contributed by atoms with Crippen LogP contribution in [-0.4, -0.2) is 25.0 Å². The summed E-state index contributed by atoms with van der Waals surface area (Å²) in [4.78, 5) is 16.3. The van der Waals surface area contributed by atoms with Crippen molar-refractivity contribution >= 4 is 22.5 Å². The van der Waals surface area contributed by atoms with Crippen LogP contribution in [0.5, 0.6) is 5.75 Å². The van der Waals surface area contributed by atoms with Gasteiger partial charge in [0.05, 0.1) is 18.3 Å². The summed E-state index contributed by atoms with van der Waals surface area (Å²) in [6, 6.07) is 15.4. The minimum absolute atomic E-state index is 0.132. The first kappa shape index (κ1) is 15.8. The van der Waals surface area contributed by atoms with Gasteiger partial charge in [0.2, 0.25) is 0 Å². The lowest BCUT2D eigenvalue weighted by molar-refractivity contribution is 0.0963. The zero-order chi connectivity index (χ0) is 16.9. The van der Waals surface area contributed by atoms with Crippen molar-refractivity contribution in [3.8, 4) is 5.75 Å². The largest absolute Gasteiger partial charge is 0.495 e. The number of rotatable bonds is 5. The molecule has 0 saturated carbocycles. The third-order valence-electron chi connectivity index (χ3n) is 3.87. The Balaban J connectivity index is 1.89. The highest BCUT2D eigenvalue weighted by Gasteiger charge is 2.10. The van der Waals surface area contributed by atoms with Gasteiger partial charge < -0.3 is 15.4 Å². The Bertz CT molecular complexity index is 872. The molecule has 122 valence electrons. The molecule has 3 aromatic rings. The van der Waals surface area contributed by atoms with Crippen LogP contribution >= 0.6 is 0 Å². The van der Waals surface area contributed by atoms with Crippen LogP contribution in [0.15, 0.2) is 54.7 Å². The molecule has 5 heteroatoms. The van der Waals surface area contributed by atoms with Crippen molar-refractivity contribution in [1.29, 1.82) is 0 Å². The number of carbonyl (C=O) groups is 1. The number of nitrogens with one attached hydrogen (secondary N) is 2. The van der Waals surface area contributed by atoms with E-state index in [-0.39, 0.29) is 5.91 Å². The van der Waals surface area contributed by atoms with E-state index in [1.165, 1.54) is 0 Å². The first-order chi connectivity index (χ1) is 11.7. The highest BCUT2D eigenvalue weighted by atomic mass is 16.5. The molecular formula is C19H19N3O2. The Morgan fingerprint density at radius 3 is 2.79 bits per heavy atom. The van der Waals surface area contributed by atoms with Gasteiger partial charge in [-0.05, 0) is 29.8 Å². The van der Waals surface area contributed by atoms with E-state index in [9.17, 15) is 4.79 Å². The summed E-state index contributed by atoms with van der Waals surface area (Å²) in [7, 11) is 3.22. The molecule has 24 heavy (non-hydrogen) atoms. The summed E-state index contributed by atoms with van der Waals surface area (Å²) in [5.41, 5.74) is 3.40. The Kier molecular flexibility index (Phi) is 4.61. The van der Waals surface area contributed by atoms with Gasteiger partial charge in [0.25, 0.3) is 5.91 Å². The van der Waals surface area contributed by atoms with Gasteiger partial charge >= 0.3 is 0 Å². The number of hydrogen-bond donors (Lipinski definition) is 2. The van der Waals surface area contributed by atoms with E-state index in [1.54, 1.807) is 38.6 Å². The molecule has 0 saturated heterocycles. The van der Waals surface area contributed by atoms with Crippen molar-refractivity contribution in [3.63, 3.8) is 0 Å². The lowest BCUT2D eigenvalue weighted by Crippen LogP contribution is -2.18. The van der Waals surface area contributed by atoms with Crippen molar-refractivity contribution in [3.05, 3.63) is 65.9 Å². The molecule has 1 aromatic heterocycles. The Morgan fingerprint density at radius 2 is 2.00 bits per heavy atom. The molecule has 0 aliphatic rings. The van der Waals surface area contributed by atoms with Gasteiger partial charge in [-0.2, -0.15) is 0 Å². The van der Waals surface area contributed by atoms with E-state index in [0.717, 1.165) is 22.2 Å². The fourth-order valence-electron chi connectivity index (χ4n) is 2.63. The number of benzene rings is 2. The average molecular weight is 321 g/mol. The SMILES string of the molecule is CNC(=O)c1ccc(OC)c(NCc2cccc3cccnc23)c1. The van der Waals surface area contributed by atoms with Crippen LogP contribution in [-0.2, 0) is 6.54 Å². The molecular weight excluding hydrogens is 302 g/mol. The third kappa shape index (κ3) is 3.15. The van der Waals surface area contributed by atoms with Gasteiger partial charge in [-0.1, -0.05) is 24.3 Å². The fourth-order valence-corrected chi connectivity index (χ4v) is 2.63. The minimum atomic E-state index is -0.132. The molecule has 1 amide bonds. The number of methoxy groups -OCH3 is 1. The number of fused-ring (bicyclic) bond motifs is 1. The van der Waals surface area contributed by atoms with E-state index >= 15 is 0 Å². The average Bonchev–Trinajstić information content (AvgIpc) is 2.65. The summed E-state index contributed by atoms with van der Waals surface area (Å²) in [6.07, 6.45) is 1.79. The monoisotopic (exact) mass is 321 g/mol. The lowest BCUT2D eigenvalue weighted by Gasteiger charge is -2.13. The van der Waals surface area contributed by atoms with E-state index in [1.807, 2.05) is 30.3 Å². The molecule has 0 bridgehead atoms. The summed E-state index contributed by atoms with van der Waals surface area (Å²) >= 11 is 0. The molecule has 0 spiro atoms. The molecule has 2 aromatic carbocycles. The summed E-state index contributed by atoms with van der Waals surface area (Å²) in [5, 5.41) is 7.07. The minimum Gasteiger partial charge on any atom is -0.495 e. The number of ether oxygens (including phenoxy) is 1. The number of carbonyl (C=O) groups excluding carboxylic acids is 1. The van der Waals surface area contributed by atoms with Gasteiger partial charge in [-0.15, -0.1) is 0 Å². The second kappa shape index (κ2) is 7.00. The highest BCUT2D eigenvalue weighted by molar-refractivity contribution is 5.95. The number of aromatic nitrogens is 1. The summed E-state index contributed by atoms with van der Waals surface area (Å²) < 4.78 is 5.38. The van der Waals surface area contributed by atoms with Crippen molar-refractivity contribution < 1.29 is 9.53 Å². The number of anilines is 1. The van der Waals surface area contributed by atoms with Gasteiger partial charge in [-0.3, -0.25) is 9.78 Å². The number of pyridine rings is 1. The zero-order valence-corrected chi connectivity index (χ0v) is 13.7. The smallest absolute Gasteiger partial charge is 0.251 e. The molecule has 0 radical (unpaired) electrons. The number of hydrogen-bond acceptors (Lipinski definition) is 4. The predicted molar refractivity (Wildman–Crippen MR) is 95.5 cm³/mol. The maximum absolute atomic E-state index is 11.8. The molecule has 0 atom stereocenters. The standard InChI is InChI=1S/C19H19N3O2/c1-20-19(23)14-8-9-17(24-2)16(11-14)22-12-15-6-3-5-13-7-4-10-21-18(13)15/h3-11,22H,12H2,1-2H3,(H,20,23). The molecule has 2 N–H and O–H groups in total. The first-order valence-corrected chi connectivity index (χ1v) is 7.69. The second-order valence-corrected chi connectivity index (χ2v) is 5.34. The van der Waals surface area contributed by atoms with Gasteiger partial charge in [0.15, 0.2) is 0 Å². The quantitative estimate of drug-likeness (QED) is 0.757. The van der Waals surface area contributed by atoms with E-state index in [2.05, 4.69) is 15.6 Å². The molecule has 5 nitrogen and oxygen atoms in total. The number of nitrogens with zero attached hydrogens (tertiary/aromatic N) is 1. The third-order valence-corrected chi connectivity index (χ3v) is 3.87. The topological polar surface area (TPSA) is 63.2 Å². The van der Waals surface area contributed by atoms with Gasteiger partial charge in [0, 0.05) is 30.7 Å². The van der Waals surface area contributed by atoms with E-state index in [4.69, 9.17) is 4.74 Å². The van der Waals surface area contributed by atoms with Crippen LogP contribution in [0.3, 0.4) is 0 Å². The number of amides is 1. The van der Waals surface area contributed by atoms with E-state index in [0.29, 0.717) is 17.9 Å². The molecule has 0 unspecified atom stereocenters. The second-order valence-electron chi connectivity index (χ2n) is 5.34. The van der Waals surface area contributed by atoms with E-state index < -0.39 is 0 Å². The van der Waals surface area contributed by atoms with Crippen LogP contribution in [0.2, 0.25) is 0 Å². The maximum atomic E-state index is 11.8. The molecule has 0 fully saturated rings. The lowest BCUT2D eigenvalue weighted by atomic mass is 10.1.